The average Bonchev–Trinajstić information content (AvgIpc) is 2.38. The molecule has 0 amide bonds. The summed E-state index contributed by atoms with van der Waals surface area (Å²) in [4.78, 5) is 18.4. The summed E-state index contributed by atoms with van der Waals surface area (Å²) in [5.41, 5.74) is 6.19. The Labute approximate surface area is 92.8 Å². The number of H-pyrrole nitrogens is 1. The van der Waals surface area contributed by atoms with Crippen LogP contribution in [0.5, 0.6) is 0 Å². The highest BCUT2D eigenvalue weighted by Crippen LogP contribution is 2.11. The van der Waals surface area contributed by atoms with E-state index in [4.69, 9.17) is 5.73 Å². The van der Waals surface area contributed by atoms with Gasteiger partial charge in [0.05, 0.1) is 23.7 Å². The standard InChI is InChI=1S/C9H13N3O3S/c10-5-8-11-7-2-4-16(14,15)3-1-6(7)9(13)12-8/h1-5,10H2,(H,11,12,13). The van der Waals surface area contributed by atoms with Crippen LogP contribution >= 0.6 is 0 Å². The zero-order chi connectivity index (χ0) is 11.8. The van der Waals surface area contributed by atoms with E-state index in [0.29, 0.717) is 23.5 Å². The van der Waals surface area contributed by atoms with Gasteiger partial charge in [0.15, 0.2) is 9.84 Å². The largest absolute Gasteiger partial charge is 0.324 e. The van der Waals surface area contributed by atoms with Gasteiger partial charge in [-0.1, -0.05) is 0 Å². The summed E-state index contributed by atoms with van der Waals surface area (Å²) in [7, 11) is -3.05. The molecule has 0 atom stereocenters. The molecule has 2 rings (SSSR count). The summed E-state index contributed by atoms with van der Waals surface area (Å²) in [6.45, 7) is 0.148. The fourth-order valence-corrected chi connectivity index (χ4v) is 2.99. The Kier molecular flexibility index (Phi) is 2.81. The molecule has 0 bridgehead atoms. The minimum atomic E-state index is -3.05. The zero-order valence-corrected chi connectivity index (χ0v) is 9.51. The number of aromatic nitrogens is 2. The van der Waals surface area contributed by atoms with Crippen molar-refractivity contribution < 1.29 is 8.42 Å². The van der Waals surface area contributed by atoms with Gasteiger partial charge >= 0.3 is 0 Å². The quantitative estimate of drug-likeness (QED) is 0.640. The van der Waals surface area contributed by atoms with Gasteiger partial charge in [-0.2, -0.15) is 0 Å². The van der Waals surface area contributed by atoms with Crippen molar-refractivity contribution in [2.45, 2.75) is 19.4 Å². The number of sulfone groups is 1. The molecule has 1 aliphatic rings. The first-order chi connectivity index (χ1) is 7.52. The van der Waals surface area contributed by atoms with Gasteiger partial charge in [-0.15, -0.1) is 0 Å². The summed E-state index contributed by atoms with van der Waals surface area (Å²) in [5.74, 6) is 0.482. The van der Waals surface area contributed by atoms with E-state index in [2.05, 4.69) is 9.97 Å². The van der Waals surface area contributed by atoms with Gasteiger partial charge in [-0.25, -0.2) is 13.4 Å². The predicted octanol–water partition coefficient (Wildman–Crippen LogP) is -1.26. The SMILES string of the molecule is NCc1nc2c(c(=O)[nH]1)CCS(=O)(=O)CC2. The average molecular weight is 243 g/mol. The second-order valence-corrected chi connectivity index (χ2v) is 6.10. The number of rotatable bonds is 1. The number of nitrogens with one attached hydrogen (secondary N) is 1. The Morgan fingerprint density at radius 2 is 2.00 bits per heavy atom. The molecule has 88 valence electrons. The molecule has 0 fully saturated rings. The summed E-state index contributed by atoms with van der Waals surface area (Å²) >= 11 is 0. The molecule has 0 spiro atoms. The number of aryl methyl sites for hydroxylation is 1. The maximum atomic E-state index is 11.7. The van der Waals surface area contributed by atoms with Gasteiger partial charge in [0.2, 0.25) is 0 Å². The molecule has 0 saturated heterocycles. The molecule has 16 heavy (non-hydrogen) atoms. The summed E-state index contributed by atoms with van der Waals surface area (Å²) in [6, 6.07) is 0. The molecule has 2 heterocycles. The molecule has 1 aromatic heterocycles. The van der Waals surface area contributed by atoms with E-state index < -0.39 is 9.84 Å². The predicted molar refractivity (Wildman–Crippen MR) is 58.8 cm³/mol. The van der Waals surface area contributed by atoms with E-state index in [1.165, 1.54) is 0 Å². The molecule has 0 aliphatic carbocycles. The van der Waals surface area contributed by atoms with Crippen LogP contribution in [0.4, 0.5) is 0 Å². The van der Waals surface area contributed by atoms with E-state index in [0.717, 1.165) is 0 Å². The topological polar surface area (TPSA) is 106 Å². The second kappa shape index (κ2) is 3.99. The van der Waals surface area contributed by atoms with Crippen molar-refractivity contribution in [1.82, 2.24) is 9.97 Å². The monoisotopic (exact) mass is 243 g/mol. The lowest BCUT2D eigenvalue weighted by Gasteiger charge is -2.04. The minimum Gasteiger partial charge on any atom is -0.324 e. The van der Waals surface area contributed by atoms with E-state index in [9.17, 15) is 13.2 Å². The third-order valence-electron chi connectivity index (χ3n) is 2.66. The molecule has 1 aliphatic heterocycles. The van der Waals surface area contributed by atoms with Crippen LogP contribution in [0.3, 0.4) is 0 Å². The minimum absolute atomic E-state index is 0.0206. The van der Waals surface area contributed by atoms with Crippen LogP contribution in [0.1, 0.15) is 17.1 Å². The van der Waals surface area contributed by atoms with Gasteiger partial charge in [0.25, 0.3) is 5.56 Å². The fourth-order valence-electron chi connectivity index (χ4n) is 1.77. The first kappa shape index (κ1) is 11.3. The van der Waals surface area contributed by atoms with Gasteiger partial charge < -0.3 is 10.7 Å². The summed E-state index contributed by atoms with van der Waals surface area (Å²) in [6.07, 6.45) is 0.541. The van der Waals surface area contributed by atoms with Crippen LogP contribution in [0, 0.1) is 0 Å². The first-order valence-electron chi connectivity index (χ1n) is 5.03. The molecule has 7 heteroatoms. The molecular formula is C9H13N3O3S. The van der Waals surface area contributed by atoms with Crippen molar-refractivity contribution in [3.8, 4) is 0 Å². The molecule has 1 aromatic rings. The van der Waals surface area contributed by atoms with Gasteiger partial charge in [0.1, 0.15) is 5.82 Å². The van der Waals surface area contributed by atoms with Crippen molar-refractivity contribution in [1.29, 1.82) is 0 Å². The van der Waals surface area contributed by atoms with Gasteiger partial charge in [0, 0.05) is 12.0 Å². The van der Waals surface area contributed by atoms with E-state index >= 15 is 0 Å². The molecule has 0 saturated carbocycles. The van der Waals surface area contributed by atoms with Crippen LogP contribution < -0.4 is 11.3 Å². The zero-order valence-electron chi connectivity index (χ0n) is 8.69. The van der Waals surface area contributed by atoms with E-state index in [1.807, 2.05) is 0 Å². The Bertz CT molecular complexity index is 562. The second-order valence-electron chi connectivity index (χ2n) is 3.79. The third-order valence-corrected chi connectivity index (χ3v) is 4.31. The smallest absolute Gasteiger partial charge is 0.254 e. The number of nitrogens with two attached hydrogens (primary N) is 1. The van der Waals surface area contributed by atoms with Crippen molar-refractivity contribution in [2.75, 3.05) is 11.5 Å². The highest BCUT2D eigenvalue weighted by atomic mass is 32.2. The third kappa shape index (κ3) is 2.14. The van der Waals surface area contributed by atoms with E-state index in [1.54, 1.807) is 0 Å². The fraction of sp³-hybridized carbons (Fsp3) is 0.556. The Morgan fingerprint density at radius 1 is 1.31 bits per heavy atom. The Morgan fingerprint density at radius 3 is 2.69 bits per heavy atom. The summed E-state index contributed by atoms with van der Waals surface area (Å²) in [5, 5.41) is 0. The normalized spacial score (nSPS) is 18.8. The lowest BCUT2D eigenvalue weighted by Crippen LogP contribution is -2.21. The van der Waals surface area contributed by atoms with Crippen molar-refractivity contribution >= 4 is 9.84 Å². The lowest BCUT2D eigenvalue weighted by atomic mass is 10.1. The molecule has 3 N–H and O–H groups in total. The van der Waals surface area contributed by atoms with Crippen LogP contribution in [-0.2, 0) is 29.2 Å². The van der Waals surface area contributed by atoms with E-state index in [-0.39, 0.29) is 30.0 Å². The highest BCUT2D eigenvalue weighted by Gasteiger charge is 2.21. The maximum Gasteiger partial charge on any atom is 0.254 e. The number of fused-ring (bicyclic) bond motifs is 1. The van der Waals surface area contributed by atoms with Crippen LogP contribution in [-0.4, -0.2) is 29.9 Å². The first-order valence-corrected chi connectivity index (χ1v) is 6.85. The van der Waals surface area contributed by atoms with Crippen molar-refractivity contribution in [3.05, 3.63) is 27.4 Å². The van der Waals surface area contributed by atoms with Crippen molar-refractivity contribution in [2.24, 2.45) is 5.73 Å². The lowest BCUT2D eigenvalue weighted by molar-refractivity contribution is 0.596. The van der Waals surface area contributed by atoms with Crippen molar-refractivity contribution in [3.63, 3.8) is 0 Å². The number of hydrogen-bond donors (Lipinski definition) is 2. The van der Waals surface area contributed by atoms with Gasteiger partial charge in [-0.05, 0) is 6.42 Å². The maximum absolute atomic E-state index is 11.7. The highest BCUT2D eigenvalue weighted by molar-refractivity contribution is 7.91. The molecule has 0 radical (unpaired) electrons. The van der Waals surface area contributed by atoms with Gasteiger partial charge in [-0.3, -0.25) is 4.79 Å². The van der Waals surface area contributed by atoms with Crippen LogP contribution in [0.25, 0.3) is 0 Å². The Balaban J connectivity index is 2.50. The molecule has 0 aromatic carbocycles. The molecule has 0 unspecified atom stereocenters. The molecule has 6 nitrogen and oxygen atoms in total. The van der Waals surface area contributed by atoms with Crippen LogP contribution in [0.15, 0.2) is 4.79 Å². The van der Waals surface area contributed by atoms with Crippen LogP contribution in [0.2, 0.25) is 0 Å². The number of nitrogens with zero attached hydrogens (tertiary/aromatic N) is 1. The molecular weight excluding hydrogens is 230 g/mol. The number of hydrogen-bond acceptors (Lipinski definition) is 5. The summed E-state index contributed by atoms with van der Waals surface area (Å²) < 4.78 is 22.9. The Hall–Kier alpha value is -1.21. The number of aromatic amines is 1.